The summed E-state index contributed by atoms with van der Waals surface area (Å²) in [4.78, 5) is 10.5. The summed E-state index contributed by atoms with van der Waals surface area (Å²) in [6.45, 7) is 5.86. The Bertz CT molecular complexity index is 183. The van der Waals surface area contributed by atoms with E-state index in [9.17, 15) is 4.79 Å². The Morgan fingerprint density at radius 3 is 2.53 bits per heavy atom. The van der Waals surface area contributed by atoms with Gasteiger partial charge in [0.1, 0.15) is 6.79 Å². The summed E-state index contributed by atoms with van der Waals surface area (Å²) >= 11 is 0. The highest BCUT2D eigenvalue weighted by Gasteiger charge is 2.23. The molecule has 0 N–H and O–H groups in total. The number of hydrogen-bond donors (Lipinski definition) is 0. The van der Waals surface area contributed by atoms with Crippen LogP contribution in [0, 0.1) is 0 Å². The highest BCUT2D eigenvalue weighted by molar-refractivity contribution is 5.69. The van der Waals surface area contributed by atoms with E-state index in [-0.39, 0.29) is 11.6 Å². The molecule has 4 heteroatoms. The fourth-order valence-corrected chi connectivity index (χ4v) is 1.34. The second kappa shape index (κ2) is 6.08. The van der Waals surface area contributed by atoms with E-state index in [0.29, 0.717) is 19.8 Å². The van der Waals surface area contributed by atoms with Crippen molar-refractivity contribution in [3.63, 3.8) is 0 Å². The molecule has 2 aliphatic rings. The lowest BCUT2D eigenvalue weighted by atomic mass is 10.2. The molecule has 2 aliphatic heterocycles. The maximum atomic E-state index is 10.5. The van der Waals surface area contributed by atoms with Gasteiger partial charge in [-0.3, -0.25) is 4.79 Å². The van der Waals surface area contributed by atoms with Crippen LogP contribution < -0.4 is 0 Å². The number of carbonyl (C=O) groups is 1. The summed E-state index contributed by atoms with van der Waals surface area (Å²) in [5.41, 5.74) is -0.0278. The smallest absolute Gasteiger partial charge is 0.305 e. The average molecular weight is 216 g/mol. The Kier molecular flexibility index (Phi) is 5.05. The first-order chi connectivity index (χ1) is 7.10. The van der Waals surface area contributed by atoms with Gasteiger partial charge in [0, 0.05) is 6.42 Å². The first-order valence-corrected chi connectivity index (χ1v) is 5.47. The van der Waals surface area contributed by atoms with Crippen LogP contribution in [0.5, 0.6) is 0 Å². The van der Waals surface area contributed by atoms with Gasteiger partial charge in [-0.1, -0.05) is 0 Å². The molecule has 88 valence electrons. The van der Waals surface area contributed by atoms with Crippen molar-refractivity contribution in [3.05, 3.63) is 0 Å². The summed E-state index contributed by atoms with van der Waals surface area (Å²) in [5, 5.41) is 0. The average Bonchev–Trinajstić information content (AvgIpc) is 2.44. The molecule has 0 aromatic rings. The second-order valence-electron chi connectivity index (χ2n) is 4.40. The molecule has 0 unspecified atom stereocenters. The number of cyclic esters (lactones) is 1. The van der Waals surface area contributed by atoms with Gasteiger partial charge in [0.05, 0.1) is 18.8 Å². The van der Waals surface area contributed by atoms with Gasteiger partial charge in [-0.15, -0.1) is 0 Å². The van der Waals surface area contributed by atoms with Crippen molar-refractivity contribution in [1.29, 1.82) is 0 Å². The van der Waals surface area contributed by atoms with Gasteiger partial charge in [-0.25, -0.2) is 0 Å². The largest absolute Gasteiger partial charge is 0.466 e. The SMILES string of the molecule is CC1(C)COCO1.O=C1CCCCCO1. The van der Waals surface area contributed by atoms with E-state index in [1.807, 2.05) is 13.8 Å². The molecule has 0 aliphatic carbocycles. The van der Waals surface area contributed by atoms with Crippen LogP contribution >= 0.6 is 0 Å². The van der Waals surface area contributed by atoms with Crippen molar-refractivity contribution in [3.8, 4) is 0 Å². The molecule has 0 atom stereocenters. The monoisotopic (exact) mass is 216 g/mol. The Labute approximate surface area is 90.9 Å². The molecular weight excluding hydrogens is 196 g/mol. The number of ether oxygens (including phenoxy) is 3. The minimum absolute atomic E-state index is 0.0255. The maximum Gasteiger partial charge on any atom is 0.305 e. The zero-order valence-electron chi connectivity index (χ0n) is 9.58. The Balaban J connectivity index is 0.000000151. The van der Waals surface area contributed by atoms with Crippen LogP contribution in [0.3, 0.4) is 0 Å². The zero-order chi connectivity index (χ0) is 11.1. The van der Waals surface area contributed by atoms with Crippen molar-refractivity contribution >= 4 is 5.97 Å². The van der Waals surface area contributed by atoms with Gasteiger partial charge < -0.3 is 14.2 Å². The summed E-state index contributed by atoms with van der Waals surface area (Å²) < 4.78 is 14.8. The first kappa shape index (κ1) is 12.5. The lowest BCUT2D eigenvalue weighted by molar-refractivity contribution is -0.142. The van der Waals surface area contributed by atoms with E-state index in [2.05, 4.69) is 0 Å². The molecule has 2 heterocycles. The van der Waals surface area contributed by atoms with E-state index in [0.717, 1.165) is 25.9 Å². The lowest BCUT2D eigenvalue weighted by Crippen LogP contribution is -2.20. The third-order valence-electron chi connectivity index (χ3n) is 2.27. The van der Waals surface area contributed by atoms with Crippen LogP contribution in [0.4, 0.5) is 0 Å². The quantitative estimate of drug-likeness (QED) is 0.580. The fourth-order valence-electron chi connectivity index (χ4n) is 1.34. The van der Waals surface area contributed by atoms with Crippen LogP contribution in [0.15, 0.2) is 0 Å². The predicted octanol–water partition coefficient (Wildman–Crippen LogP) is 1.87. The fraction of sp³-hybridized carbons (Fsp3) is 0.909. The van der Waals surface area contributed by atoms with E-state index in [1.165, 1.54) is 0 Å². The van der Waals surface area contributed by atoms with Gasteiger partial charge in [0.15, 0.2) is 0 Å². The summed E-state index contributed by atoms with van der Waals surface area (Å²) in [7, 11) is 0. The van der Waals surface area contributed by atoms with Gasteiger partial charge in [-0.05, 0) is 33.1 Å². The molecule has 2 saturated heterocycles. The van der Waals surface area contributed by atoms with Gasteiger partial charge >= 0.3 is 5.97 Å². The molecule has 2 fully saturated rings. The van der Waals surface area contributed by atoms with E-state index >= 15 is 0 Å². The van der Waals surface area contributed by atoms with E-state index in [1.54, 1.807) is 0 Å². The number of carbonyl (C=O) groups excluding carboxylic acids is 1. The molecule has 0 bridgehead atoms. The van der Waals surface area contributed by atoms with Gasteiger partial charge in [0.2, 0.25) is 0 Å². The van der Waals surface area contributed by atoms with Crippen LogP contribution in [0.25, 0.3) is 0 Å². The topological polar surface area (TPSA) is 44.8 Å². The predicted molar refractivity (Wildman–Crippen MR) is 55.4 cm³/mol. The first-order valence-electron chi connectivity index (χ1n) is 5.47. The number of esters is 1. The third kappa shape index (κ3) is 5.74. The molecule has 0 aromatic carbocycles. The van der Waals surface area contributed by atoms with Crippen molar-refractivity contribution in [2.24, 2.45) is 0 Å². The van der Waals surface area contributed by atoms with Gasteiger partial charge in [-0.2, -0.15) is 0 Å². The van der Waals surface area contributed by atoms with Crippen molar-refractivity contribution in [1.82, 2.24) is 0 Å². The van der Waals surface area contributed by atoms with Crippen molar-refractivity contribution < 1.29 is 19.0 Å². The highest BCUT2D eigenvalue weighted by Crippen LogP contribution is 2.14. The lowest BCUT2D eigenvalue weighted by Gasteiger charge is -2.11. The Hall–Kier alpha value is -0.610. The van der Waals surface area contributed by atoms with Crippen LogP contribution in [-0.2, 0) is 19.0 Å². The number of hydrogen-bond acceptors (Lipinski definition) is 4. The Morgan fingerprint density at radius 2 is 2.00 bits per heavy atom. The second-order valence-corrected chi connectivity index (χ2v) is 4.40. The molecule has 0 radical (unpaired) electrons. The molecule has 4 nitrogen and oxygen atoms in total. The number of rotatable bonds is 0. The summed E-state index contributed by atoms with van der Waals surface area (Å²) in [5.74, 6) is -0.0255. The van der Waals surface area contributed by atoms with Crippen molar-refractivity contribution in [2.45, 2.75) is 45.1 Å². The van der Waals surface area contributed by atoms with Crippen LogP contribution in [0.1, 0.15) is 39.5 Å². The standard InChI is InChI=1S/C6H10O2.C5H10O2/c7-6-4-2-1-3-5-8-6;1-5(2)3-6-4-7-5/h1-5H2;3-4H2,1-2H3. The van der Waals surface area contributed by atoms with Gasteiger partial charge in [0.25, 0.3) is 0 Å². The highest BCUT2D eigenvalue weighted by atomic mass is 16.7. The normalized spacial score (nSPS) is 24.8. The summed E-state index contributed by atoms with van der Waals surface area (Å²) in [6.07, 6.45) is 3.83. The Morgan fingerprint density at radius 1 is 1.20 bits per heavy atom. The minimum Gasteiger partial charge on any atom is -0.466 e. The van der Waals surface area contributed by atoms with E-state index < -0.39 is 0 Å². The zero-order valence-corrected chi connectivity index (χ0v) is 9.58. The van der Waals surface area contributed by atoms with Crippen LogP contribution in [-0.4, -0.2) is 31.6 Å². The molecule has 0 amide bonds. The maximum absolute atomic E-state index is 10.5. The molecule has 15 heavy (non-hydrogen) atoms. The molecular formula is C11H20O4. The molecule has 2 rings (SSSR count). The molecule has 0 spiro atoms. The summed E-state index contributed by atoms with van der Waals surface area (Å²) in [6, 6.07) is 0. The van der Waals surface area contributed by atoms with E-state index in [4.69, 9.17) is 14.2 Å². The van der Waals surface area contributed by atoms with Crippen LogP contribution in [0.2, 0.25) is 0 Å². The molecule has 0 aromatic heterocycles. The third-order valence-corrected chi connectivity index (χ3v) is 2.27. The minimum atomic E-state index is -0.0278. The van der Waals surface area contributed by atoms with Crippen molar-refractivity contribution in [2.75, 3.05) is 20.0 Å². The molecule has 0 saturated carbocycles.